The largest absolute Gasteiger partial charge is 0.368 e. The van der Waals surface area contributed by atoms with Gasteiger partial charge in [-0.2, -0.15) is 0 Å². The minimum absolute atomic E-state index is 0.0502. The average molecular weight is 418 g/mol. The highest BCUT2D eigenvalue weighted by Gasteiger charge is 2.32. The van der Waals surface area contributed by atoms with Crippen molar-refractivity contribution in [3.63, 3.8) is 0 Å². The molecule has 0 bridgehead atoms. The third-order valence-corrected chi connectivity index (χ3v) is 6.74. The Labute approximate surface area is 183 Å². The third-order valence-electron chi connectivity index (χ3n) is 6.74. The summed E-state index contributed by atoms with van der Waals surface area (Å²) in [7, 11) is 0. The minimum Gasteiger partial charge on any atom is -0.368 e. The second kappa shape index (κ2) is 8.25. The number of aryl methyl sites for hydroxylation is 2. The molecule has 0 aliphatic carbocycles. The minimum atomic E-state index is 0.0502. The van der Waals surface area contributed by atoms with Crippen molar-refractivity contribution >= 4 is 28.6 Å². The summed E-state index contributed by atoms with van der Waals surface area (Å²) in [5.41, 5.74) is 5.92. The Morgan fingerprint density at radius 3 is 2.61 bits per heavy atom. The van der Waals surface area contributed by atoms with E-state index >= 15 is 0 Å². The predicted octanol–water partition coefficient (Wildman–Crippen LogP) is 3.74. The van der Waals surface area contributed by atoms with E-state index in [0.29, 0.717) is 5.91 Å². The molecule has 0 saturated carbocycles. The Kier molecular flexibility index (Phi) is 5.30. The van der Waals surface area contributed by atoms with E-state index in [4.69, 9.17) is 4.98 Å². The molecule has 5 rings (SSSR count). The smallest absolute Gasteiger partial charge is 0.227 e. The quantitative estimate of drug-likeness (QED) is 0.705. The standard InChI is InChI=1S/C25H31N5O/c1-18-9-10-19(2)23(16-18)28-12-14-29(15-13-28)24(31)20-6-5-11-30(17-20)25-26-21-7-3-4-8-22(21)27-25/h3-4,7-10,16,20H,5-6,11-15,17H2,1-2H3,(H,26,27)/t20-/m0/s1. The molecule has 162 valence electrons. The molecular weight excluding hydrogens is 386 g/mol. The fourth-order valence-electron chi connectivity index (χ4n) is 4.95. The fraction of sp³-hybridized carbons (Fsp3) is 0.440. The van der Waals surface area contributed by atoms with Gasteiger partial charge < -0.3 is 19.7 Å². The molecule has 3 heterocycles. The van der Waals surface area contributed by atoms with Crippen molar-refractivity contribution < 1.29 is 4.79 Å². The Morgan fingerprint density at radius 1 is 1.00 bits per heavy atom. The summed E-state index contributed by atoms with van der Waals surface area (Å²) in [6.07, 6.45) is 1.99. The molecule has 1 atom stereocenters. The molecular formula is C25H31N5O. The maximum absolute atomic E-state index is 13.3. The number of fused-ring (bicyclic) bond motifs is 1. The summed E-state index contributed by atoms with van der Waals surface area (Å²) in [5, 5.41) is 0. The van der Waals surface area contributed by atoms with E-state index in [-0.39, 0.29) is 5.92 Å². The lowest BCUT2D eigenvalue weighted by Gasteiger charge is -2.40. The van der Waals surface area contributed by atoms with Gasteiger partial charge >= 0.3 is 0 Å². The number of aromatic nitrogens is 2. The number of anilines is 2. The van der Waals surface area contributed by atoms with E-state index in [0.717, 1.165) is 69.1 Å². The molecule has 2 saturated heterocycles. The molecule has 2 aliphatic rings. The first-order chi connectivity index (χ1) is 15.1. The molecule has 2 aromatic carbocycles. The Bertz CT molecular complexity index is 1050. The van der Waals surface area contributed by atoms with Crippen LogP contribution in [0.1, 0.15) is 24.0 Å². The van der Waals surface area contributed by atoms with Gasteiger partial charge in [0.1, 0.15) is 0 Å². The lowest BCUT2D eigenvalue weighted by atomic mass is 9.96. The SMILES string of the molecule is Cc1ccc(C)c(N2CCN(C(=O)[C@H]3CCCN(c4nc5ccccc5[nH]4)C3)CC2)c1. The zero-order chi connectivity index (χ0) is 21.4. The van der Waals surface area contributed by atoms with Crippen LogP contribution < -0.4 is 9.80 Å². The molecule has 1 aromatic heterocycles. The number of para-hydroxylation sites is 2. The Balaban J connectivity index is 1.23. The number of H-pyrrole nitrogens is 1. The van der Waals surface area contributed by atoms with Gasteiger partial charge in [0.15, 0.2) is 0 Å². The van der Waals surface area contributed by atoms with Crippen LogP contribution in [-0.2, 0) is 4.79 Å². The fourth-order valence-corrected chi connectivity index (χ4v) is 4.95. The molecule has 0 unspecified atom stereocenters. The van der Waals surface area contributed by atoms with Gasteiger partial charge in [-0.3, -0.25) is 4.79 Å². The molecule has 6 nitrogen and oxygen atoms in total. The number of rotatable bonds is 3. The highest BCUT2D eigenvalue weighted by atomic mass is 16.2. The lowest BCUT2D eigenvalue weighted by molar-refractivity contribution is -0.136. The third kappa shape index (κ3) is 3.99. The maximum atomic E-state index is 13.3. The highest BCUT2D eigenvalue weighted by molar-refractivity contribution is 5.81. The van der Waals surface area contributed by atoms with Gasteiger partial charge in [0.25, 0.3) is 0 Å². The van der Waals surface area contributed by atoms with E-state index in [1.165, 1.54) is 16.8 Å². The van der Waals surface area contributed by atoms with E-state index in [1.54, 1.807) is 0 Å². The number of nitrogens with zero attached hydrogens (tertiary/aromatic N) is 4. The molecule has 0 radical (unpaired) electrons. The van der Waals surface area contributed by atoms with E-state index < -0.39 is 0 Å². The first-order valence-electron chi connectivity index (χ1n) is 11.4. The van der Waals surface area contributed by atoms with Crippen molar-refractivity contribution in [2.45, 2.75) is 26.7 Å². The number of carbonyl (C=O) groups is 1. The predicted molar refractivity (Wildman–Crippen MR) is 126 cm³/mol. The molecule has 3 aromatic rings. The summed E-state index contributed by atoms with van der Waals surface area (Å²) in [6.45, 7) is 9.40. The van der Waals surface area contributed by atoms with Gasteiger partial charge in [0.05, 0.1) is 17.0 Å². The first-order valence-corrected chi connectivity index (χ1v) is 11.4. The topological polar surface area (TPSA) is 55.5 Å². The van der Waals surface area contributed by atoms with Gasteiger partial charge in [0.2, 0.25) is 11.9 Å². The van der Waals surface area contributed by atoms with Crippen LogP contribution in [0, 0.1) is 19.8 Å². The number of carbonyl (C=O) groups excluding carboxylic acids is 1. The molecule has 31 heavy (non-hydrogen) atoms. The van der Waals surface area contributed by atoms with E-state index in [2.05, 4.69) is 51.7 Å². The highest BCUT2D eigenvalue weighted by Crippen LogP contribution is 2.27. The number of piperazine rings is 1. The van der Waals surface area contributed by atoms with Gasteiger partial charge in [-0.1, -0.05) is 24.3 Å². The Morgan fingerprint density at radius 2 is 1.81 bits per heavy atom. The molecule has 6 heteroatoms. The van der Waals surface area contributed by atoms with Crippen LogP contribution in [0.15, 0.2) is 42.5 Å². The number of hydrogen-bond acceptors (Lipinski definition) is 4. The molecule has 1 amide bonds. The van der Waals surface area contributed by atoms with Crippen molar-refractivity contribution in [2.24, 2.45) is 5.92 Å². The number of imidazole rings is 1. The molecule has 2 aliphatic heterocycles. The molecule has 0 spiro atoms. The van der Waals surface area contributed by atoms with Crippen molar-refractivity contribution in [3.05, 3.63) is 53.6 Å². The van der Waals surface area contributed by atoms with Crippen LogP contribution in [0.4, 0.5) is 11.6 Å². The van der Waals surface area contributed by atoms with Gasteiger partial charge in [-0.05, 0) is 56.0 Å². The number of hydrogen-bond donors (Lipinski definition) is 1. The van der Waals surface area contributed by atoms with Crippen molar-refractivity contribution in [1.82, 2.24) is 14.9 Å². The van der Waals surface area contributed by atoms with E-state index in [1.807, 2.05) is 24.3 Å². The Hall–Kier alpha value is -3.02. The van der Waals surface area contributed by atoms with Gasteiger partial charge in [-0.25, -0.2) is 4.98 Å². The zero-order valence-electron chi connectivity index (χ0n) is 18.5. The summed E-state index contributed by atoms with van der Waals surface area (Å²) in [5.74, 6) is 1.24. The second-order valence-corrected chi connectivity index (χ2v) is 8.97. The number of nitrogens with one attached hydrogen (secondary N) is 1. The second-order valence-electron chi connectivity index (χ2n) is 8.97. The average Bonchev–Trinajstić information content (AvgIpc) is 3.25. The normalized spacial score (nSPS) is 19.8. The summed E-state index contributed by atoms with van der Waals surface area (Å²) >= 11 is 0. The summed E-state index contributed by atoms with van der Waals surface area (Å²) in [4.78, 5) is 28.2. The number of amides is 1. The zero-order valence-corrected chi connectivity index (χ0v) is 18.5. The summed E-state index contributed by atoms with van der Waals surface area (Å²) < 4.78 is 0. The molecule has 1 N–H and O–H groups in total. The van der Waals surface area contributed by atoms with Crippen LogP contribution in [0.3, 0.4) is 0 Å². The summed E-state index contributed by atoms with van der Waals surface area (Å²) in [6, 6.07) is 14.7. The lowest BCUT2D eigenvalue weighted by Crippen LogP contribution is -2.52. The maximum Gasteiger partial charge on any atom is 0.227 e. The van der Waals surface area contributed by atoms with Crippen molar-refractivity contribution in [3.8, 4) is 0 Å². The van der Waals surface area contributed by atoms with Crippen LogP contribution in [0.25, 0.3) is 11.0 Å². The van der Waals surface area contributed by atoms with Crippen LogP contribution >= 0.6 is 0 Å². The number of benzene rings is 2. The van der Waals surface area contributed by atoms with Crippen LogP contribution in [-0.4, -0.2) is 60.0 Å². The molecule has 2 fully saturated rings. The number of aromatic amines is 1. The van der Waals surface area contributed by atoms with Crippen LogP contribution in [0.5, 0.6) is 0 Å². The monoisotopic (exact) mass is 417 g/mol. The number of piperidine rings is 1. The van der Waals surface area contributed by atoms with Crippen molar-refractivity contribution in [2.75, 3.05) is 49.1 Å². The van der Waals surface area contributed by atoms with Crippen LogP contribution in [0.2, 0.25) is 0 Å². The van der Waals surface area contributed by atoms with Gasteiger partial charge in [0, 0.05) is 45.0 Å². The van der Waals surface area contributed by atoms with Crippen molar-refractivity contribution in [1.29, 1.82) is 0 Å². The van der Waals surface area contributed by atoms with Gasteiger partial charge in [-0.15, -0.1) is 0 Å². The van der Waals surface area contributed by atoms with E-state index in [9.17, 15) is 4.79 Å². The first kappa shape index (κ1) is 19.9.